The van der Waals surface area contributed by atoms with E-state index in [0.717, 1.165) is 42.4 Å². The molecule has 3 heterocycles. The summed E-state index contributed by atoms with van der Waals surface area (Å²) in [5.74, 6) is 0.655. The molecule has 182 valence electrons. The summed E-state index contributed by atoms with van der Waals surface area (Å²) in [6.45, 7) is 0.687. The Morgan fingerprint density at radius 1 is 0.886 bits per heavy atom. The van der Waals surface area contributed by atoms with Gasteiger partial charge in [-0.1, -0.05) is 73.9 Å². The van der Waals surface area contributed by atoms with Crippen LogP contribution in [0.4, 0.5) is 4.79 Å². The van der Waals surface area contributed by atoms with Crippen molar-refractivity contribution in [3.8, 4) is 22.5 Å². The number of rotatable bonds is 5. The Labute approximate surface area is 203 Å². The molecule has 35 heavy (non-hydrogen) atoms. The first-order valence-electron chi connectivity index (χ1n) is 12.4. The average molecular weight is 476 g/mol. The summed E-state index contributed by atoms with van der Waals surface area (Å²) in [6.07, 6.45) is 4.09. The largest absolute Gasteiger partial charge is 0.441 e. The number of hydrogen-bond donors (Lipinski definition) is 1. The molecule has 1 saturated carbocycles. The van der Waals surface area contributed by atoms with Gasteiger partial charge in [-0.15, -0.1) is 5.10 Å². The molecule has 1 N–H and O–H groups in total. The maximum absolute atomic E-state index is 12.5. The predicted octanol–water partition coefficient (Wildman–Crippen LogP) is 3.77. The van der Waals surface area contributed by atoms with Gasteiger partial charge < -0.3 is 19.5 Å². The molecule has 9 heteroatoms. The van der Waals surface area contributed by atoms with E-state index in [9.17, 15) is 4.79 Å². The third-order valence-electron chi connectivity index (χ3n) is 7.22. The Balaban J connectivity index is 1.13. The van der Waals surface area contributed by atoms with Gasteiger partial charge in [0.15, 0.2) is 11.9 Å². The molecular weight excluding hydrogens is 446 g/mol. The first-order valence-corrected chi connectivity index (χ1v) is 12.4. The van der Waals surface area contributed by atoms with Crippen molar-refractivity contribution in [2.75, 3.05) is 13.2 Å². The Morgan fingerprint density at radius 2 is 1.60 bits per heavy atom. The van der Waals surface area contributed by atoms with Gasteiger partial charge in [-0.2, -0.15) is 0 Å². The second kappa shape index (κ2) is 9.75. The molecule has 1 aliphatic carbocycles. The van der Waals surface area contributed by atoms with Gasteiger partial charge in [0.2, 0.25) is 0 Å². The quantitative estimate of drug-likeness (QED) is 0.599. The molecule has 0 unspecified atom stereocenters. The molecule has 4 atom stereocenters. The third-order valence-corrected chi connectivity index (χ3v) is 7.22. The first-order chi connectivity index (χ1) is 17.3. The zero-order valence-corrected chi connectivity index (χ0v) is 19.5. The van der Waals surface area contributed by atoms with Gasteiger partial charge in [0.1, 0.15) is 18.2 Å². The molecule has 0 radical (unpaired) electrons. The van der Waals surface area contributed by atoms with E-state index in [1.54, 1.807) is 4.68 Å². The molecule has 2 aliphatic heterocycles. The Bertz CT molecular complexity index is 1150. The van der Waals surface area contributed by atoms with E-state index in [2.05, 4.69) is 45.1 Å². The van der Waals surface area contributed by atoms with Crippen molar-refractivity contribution >= 4 is 6.09 Å². The number of benzene rings is 2. The van der Waals surface area contributed by atoms with Crippen molar-refractivity contribution in [2.45, 2.75) is 62.5 Å². The highest BCUT2D eigenvalue weighted by atomic mass is 16.6. The lowest BCUT2D eigenvalue weighted by Gasteiger charge is -2.24. The molecule has 3 aromatic rings. The average Bonchev–Trinajstić information content (AvgIpc) is 3.63. The molecule has 0 spiro atoms. The van der Waals surface area contributed by atoms with Crippen LogP contribution in [0.25, 0.3) is 22.5 Å². The molecule has 2 aromatic carbocycles. The summed E-state index contributed by atoms with van der Waals surface area (Å²) in [6, 6.07) is 18.4. The predicted molar refractivity (Wildman–Crippen MR) is 127 cm³/mol. The number of nitrogens with one attached hydrogen (secondary N) is 1. The highest BCUT2D eigenvalue weighted by Gasteiger charge is 2.51. The normalized spacial score (nSPS) is 26.4. The number of aromatic nitrogens is 4. The summed E-state index contributed by atoms with van der Waals surface area (Å²) < 4.78 is 19.5. The van der Waals surface area contributed by atoms with Crippen molar-refractivity contribution in [3.05, 3.63) is 54.6 Å². The van der Waals surface area contributed by atoms with Crippen LogP contribution in [0.1, 0.15) is 38.1 Å². The van der Waals surface area contributed by atoms with Gasteiger partial charge in [0, 0.05) is 11.6 Å². The van der Waals surface area contributed by atoms with E-state index in [1.807, 2.05) is 30.3 Å². The second-order valence-electron chi connectivity index (χ2n) is 9.48. The molecule has 2 saturated heterocycles. The number of carbonyl (C=O) groups excluding carboxylic acids is 1. The zero-order valence-electron chi connectivity index (χ0n) is 19.5. The van der Waals surface area contributed by atoms with Crippen LogP contribution < -0.4 is 5.32 Å². The monoisotopic (exact) mass is 475 g/mol. The summed E-state index contributed by atoms with van der Waals surface area (Å²) in [5, 5.41) is 15.5. The van der Waals surface area contributed by atoms with Crippen LogP contribution in [0.15, 0.2) is 54.6 Å². The van der Waals surface area contributed by atoms with Crippen molar-refractivity contribution in [2.24, 2.45) is 0 Å². The van der Waals surface area contributed by atoms with Gasteiger partial charge in [-0.25, -0.2) is 9.48 Å². The van der Waals surface area contributed by atoms with Crippen molar-refractivity contribution in [1.82, 2.24) is 25.5 Å². The SMILES string of the molecule is O=C(NC1CCCCC1)O[C@@H]1CO[C@H]2[C@@H]1OC[C@@H]2n1nnnc1-c1ccc(-c2ccccc2)cc1. The lowest BCUT2D eigenvalue weighted by molar-refractivity contribution is 0.00174. The Hall–Kier alpha value is -3.30. The molecule has 0 bridgehead atoms. The van der Waals surface area contributed by atoms with Crippen LogP contribution in [0.3, 0.4) is 0 Å². The molecule has 9 nitrogen and oxygen atoms in total. The molecule has 6 rings (SSSR count). The van der Waals surface area contributed by atoms with Crippen LogP contribution in [0, 0.1) is 0 Å². The summed E-state index contributed by atoms with van der Waals surface area (Å²) in [4.78, 5) is 12.5. The maximum Gasteiger partial charge on any atom is 0.407 e. The number of nitrogens with zero attached hydrogens (tertiary/aromatic N) is 4. The molecule has 1 amide bonds. The van der Waals surface area contributed by atoms with Crippen LogP contribution in [0.2, 0.25) is 0 Å². The van der Waals surface area contributed by atoms with Crippen LogP contribution >= 0.6 is 0 Å². The van der Waals surface area contributed by atoms with Gasteiger partial charge in [0.25, 0.3) is 0 Å². The number of hydrogen-bond acceptors (Lipinski definition) is 7. The second-order valence-corrected chi connectivity index (χ2v) is 9.48. The smallest absolute Gasteiger partial charge is 0.407 e. The van der Waals surface area contributed by atoms with Crippen molar-refractivity contribution in [1.29, 1.82) is 0 Å². The van der Waals surface area contributed by atoms with Crippen molar-refractivity contribution in [3.63, 3.8) is 0 Å². The van der Waals surface area contributed by atoms with Crippen LogP contribution in [-0.2, 0) is 14.2 Å². The maximum atomic E-state index is 12.5. The van der Waals surface area contributed by atoms with Crippen molar-refractivity contribution < 1.29 is 19.0 Å². The number of ether oxygens (including phenoxy) is 3. The standard InChI is InChI=1S/C26H29N5O4/c32-26(27-20-9-5-2-6-10-20)35-22-16-34-23-21(15-33-24(22)23)31-25(28-29-30-31)19-13-11-18(12-14-19)17-7-3-1-4-8-17/h1,3-4,7-8,11-14,20-24H,2,5-6,9-10,15-16H2,(H,27,32)/t21-,22+,23+,24+/m0/s1. The number of fused-ring (bicyclic) bond motifs is 1. The van der Waals surface area contributed by atoms with Crippen LogP contribution in [0.5, 0.6) is 0 Å². The molecule has 3 aliphatic rings. The number of tetrazole rings is 1. The van der Waals surface area contributed by atoms with Gasteiger partial charge in [-0.05, 0) is 34.4 Å². The highest BCUT2D eigenvalue weighted by molar-refractivity contribution is 5.68. The lowest BCUT2D eigenvalue weighted by atomic mass is 9.96. The molecular formula is C26H29N5O4. The minimum Gasteiger partial charge on any atom is -0.441 e. The number of alkyl carbamates (subject to hydrolysis) is 1. The van der Waals surface area contributed by atoms with E-state index in [1.165, 1.54) is 6.42 Å². The molecule has 1 aromatic heterocycles. The van der Waals surface area contributed by atoms with Gasteiger partial charge >= 0.3 is 6.09 Å². The summed E-state index contributed by atoms with van der Waals surface area (Å²) in [5.41, 5.74) is 3.20. The van der Waals surface area contributed by atoms with E-state index in [-0.39, 0.29) is 30.4 Å². The third kappa shape index (κ3) is 4.53. The van der Waals surface area contributed by atoms with E-state index < -0.39 is 6.10 Å². The summed E-state index contributed by atoms with van der Waals surface area (Å²) >= 11 is 0. The topological polar surface area (TPSA) is 100 Å². The Kier molecular flexibility index (Phi) is 6.18. The number of carbonyl (C=O) groups is 1. The number of amides is 1. The van der Waals surface area contributed by atoms with E-state index in [0.29, 0.717) is 19.0 Å². The fourth-order valence-electron chi connectivity index (χ4n) is 5.39. The fraction of sp³-hybridized carbons (Fsp3) is 0.462. The first kappa shape index (κ1) is 22.2. The summed E-state index contributed by atoms with van der Waals surface area (Å²) in [7, 11) is 0. The minimum absolute atomic E-state index is 0.198. The van der Waals surface area contributed by atoms with E-state index >= 15 is 0 Å². The molecule has 3 fully saturated rings. The Morgan fingerprint density at radius 3 is 2.40 bits per heavy atom. The van der Waals surface area contributed by atoms with Crippen LogP contribution in [-0.4, -0.2) is 63.9 Å². The van der Waals surface area contributed by atoms with E-state index in [4.69, 9.17) is 14.2 Å². The van der Waals surface area contributed by atoms with Gasteiger partial charge in [0.05, 0.1) is 13.2 Å². The highest BCUT2D eigenvalue weighted by Crippen LogP contribution is 2.37. The zero-order chi connectivity index (χ0) is 23.6. The minimum atomic E-state index is -0.446. The fourth-order valence-corrected chi connectivity index (χ4v) is 5.39. The lowest BCUT2D eigenvalue weighted by Crippen LogP contribution is -2.41. The van der Waals surface area contributed by atoms with Gasteiger partial charge in [-0.3, -0.25) is 0 Å².